The van der Waals surface area contributed by atoms with E-state index in [1.807, 2.05) is 0 Å². The summed E-state index contributed by atoms with van der Waals surface area (Å²) in [5.41, 5.74) is -0.251. The zero-order chi connectivity index (χ0) is 25.3. The molecule has 2 aliphatic carbocycles. The van der Waals surface area contributed by atoms with Crippen molar-refractivity contribution in [2.45, 2.75) is 82.0 Å². The Morgan fingerprint density at radius 1 is 0.944 bits per heavy atom. The Balaban J connectivity index is 1.59. The van der Waals surface area contributed by atoms with E-state index in [-0.39, 0.29) is 17.9 Å². The molecule has 3 aliphatic rings. The maximum atomic E-state index is 14.2. The van der Waals surface area contributed by atoms with Crippen molar-refractivity contribution >= 4 is 28.9 Å². The second-order valence-corrected chi connectivity index (χ2v) is 11.0. The Bertz CT molecular complexity index is 1070. The molecular formula is C28H34ClF2N3O2. The van der Waals surface area contributed by atoms with Crippen LogP contribution in [0.4, 0.5) is 20.2 Å². The predicted molar refractivity (Wildman–Crippen MR) is 138 cm³/mol. The molecule has 2 aromatic carbocycles. The Kier molecular flexibility index (Phi) is 7.40. The Labute approximate surface area is 216 Å². The second-order valence-electron chi connectivity index (χ2n) is 10.6. The van der Waals surface area contributed by atoms with Gasteiger partial charge in [-0.15, -0.1) is 0 Å². The van der Waals surface area contributed by atoms with Gasteiger partial charge in [0.25, 0.3) is 0 Å². The van der Waals surface area contributed by atoms with Crippen LogP contribution in [0.15, 0.2) is 36.4 Å². The van der Waals surface area contributed by atoms with Crippen molar-refractivity contribution in [1.29, 1.82) is 0 Å². The summed E-state index contributed by atoms with van der Waals surface area (Å²) in [6.07, 6.45) is 8.76. The molecule has 0 saturated heterocycles. The van der Waals surface area contributed by atoms with E-state index in [9.17, 15) is 18.7 Å². The highest BCUT2D eigenvalue weighted by molar-refractivity contribution is 6.30. The van der Waals surface area contributed by atoms with Crippen LogP contribution < -0.4 is 16.0 Å². The highest BCUT2D eigenvalue weighted by atomic mass is 35.5. The first-order valence-electron chi connectivity index (χ1n) is 13.2. The molecule has 0 spiro atoms. The Morgan fingerprint density at radius 2 is 1.53 bits per heavy atom. The molecule has 2 unspecified atom stereocenters. The van der Waals surface area contributed by atoms with Gasteiger partial charge in [0.2, 0.25) is 5.91 Å². The van der Waals surface area contributed by atoms with E-state index >= 15 is 0 Å². The number of hydrogen-bond donors (Lipinski definition) is 4. The van der Waals surface area contributed by atoms with Crippen molar-refractivity contribution in [2.24, 2.45) is 11.8 Å². The fraction of sp³-hybridized carbons (Fsp3) is 0.536. The highest BCUT2D eigenvalue weighted by Gasteiger charge is 2.55. The van der Waals surface area contributed by atoms with Crippen molar-refractivity contribution in [3.05, 3.63) is 58.6 Å². The first-order chi connectivity index (χ1) is 17.4. The number of anilines is 2. The number of halogens is 3. The Hall–Kier alpha value is -2.38. The maximum Gasteiger partial charge on any atom is 0.228 e. The molecule has 4 N–H and O–H groups in total. The van der Waals surface area contributed by atoms with Gasteiger partial charge >= 0.3 is 0 Å². The molecule has 2 fully saturated rings. The SMILES string of the molecule is O=C(NC1CCCCC1)C(C1CCCCC1)C1(C(O)c2cccc(Cl)c2)Nc2cc(F)c(F)cc2N1. The number of aliphatic hydroxyl groups excluding tert-OH is 1. The fourth-order valence-electron chi connectivity index (χ4n) is 6.43. The molecule has 5 nitrogen and oxygen atoms in total. The lowest BCUT2D eigenvalue weighted by atomic mass is 9.70. The highest BCUT2D eigenvalue weighted by Crippen LogP contribution is 2.49. The van der Waals surface area contributed by atoms with Crippen molar-refractivity contribution in [1.82, 2.24) is 5.32 Å². The smallest absolute Gasteiger partial charge is 0.228 e. The van der Waals surface area contributed by atoms with Crippen LogP contribution in [0.1, 0.15) is 75.9 Å². The topological polar surface area (TPSA) is 73.4 Å². The lowest BCUT2D eigenvalue weighted by Crippen LogP contribution is -2.61. The van der Waals surface area contributed by atoms with E-state index in [1.165, 1.54) is 6.42 Å². The van der Waals surface area contributed by atoms with Gasteiger partial charge in [-0.2, -0.15) is 0 Å². The number of amides is 1. The molecule has 36 heavy (non-hydrogen) atoms. The van der Waals surface area contributed by atoms with Gasteiger partial charge in [-0.1, -0.05) is 62.3 Å². The lowest BCUT2D eigenvalue weighted by Gasteiger charge is -2.46. The summed E-state index contributed by atoms with van der Waals surface area (Å²) in [7, 11) is 0. The number of carbonyl (C=O) groups is 1. The van der Waals surface area contributed by atoms with Gasteiger partial charge in [0, 0.05) is 23.2 Å². The second kappa shape index (κ2) is 10.5. The largest absolute Gasteiger partial charge is 0.384 e. The molecule has 8 heteroatoms. The number of carbonyl (C=O) groups excluding carboxylic acids is 1. The standard InChI is InChI=1S/C28H34ClF2N3O2/c29-19-11-7-10-18(14-19)26(35)28(33-23-15-21(30)22(31)16-24(23)34-28)25(17-8-3-1-4-9-17)27(36)32-20-12-5-2-6-13-20/h7,10-11,14-17,20,25-26,33-35H,1-6,8-9,12-13H2,(H,32,36). The number of aliphatic hydroxyl groups is 1. The van der Waals surface area contributed by atoms with E-state index in [4.69, 9.17) is 11.6 Å². The van der Waals surface area contributed by atoms with Crippen LogP contribution in [-0.4, -0.2) is 22.7 Å². The molecule has 2 atom stereocenters. The predicted octanol–water partition coefficient (Wildman–Crippen LogP) is 6.53. The maximum absolute atomic E-state index is 14.2. The van der Waals surface area contributed by atoms with E-state index in [0.717, 1.165) is 69.9 Å². The molecule has 194 valence electrons. The summed E-state index contributed by atoms with van der Waals surface area (Å²) in [5.74, 6) is -2.81. The van der Waals surface area contributed by atoms with Crippen LogP contribution in [0, 0.1) is 23.5 Å². The Morgan fingerprint density at radius 3 is 2.11 bits per heavy atom. The monoisotopic (exact) mass is 517 g/mol. The summed E-state index contributed by atoms with van der Waals surface area (Å²) in [5, 5.41) is 22.2. The summed E-state index contributed by atoms with van der Waals surface area (Å²) in [6.45, 7) is 0. The molecule has 5 rings (SSSR count). The van der Waals surface area contributed by atoms with E-state index < -0.39 is 29.3 Å². The minimum Gasteiger partial charge on any atom is -0.384 e. The molecular weight excluding hydrogens is 484 g/mol. The van der Waals surface area contributed by atoms with Crippen molar-refractivity contribution in [3.63, 3.8) is 0 Å². The first kappa shape index (κ1) is 25.3. The molecule has 2 saturated carbocycles. The number of rotatable bonds is 6. The van der Waals surface area contributed by atoms with Crippen molar-refractivity contribution < 1.29 is 18.7 Å². The van der Waals surface area contributed by atoms with Crippen molar-refractivity contribution in [3.8, 4) is 0 Å². The van der Waals surface area contributed by atoms with Gasteiger partial charge in [0.15, 0.2) is 17.3 Å². The number of hydrogen-bond acceptors (Lipinski definition) is 4. The summed E-state index contributed by atoms with van der Waals surface area (Å²) < 4.78 is 28.4. The van der Waals surface area contributed by atoms with Crippen molar-refractivity contribution in [2.75, 3.05) is 10.6 Å². The van der Waals surface area contributed by atoms with Gasteiger partial charge in [0.1, 0.15) is 6.10 Å². The van der Waals surface area contributed by atoms with E-state index in [2.05, 4.69) is 16.0 Å². The van der Waals surface area contributed by atoms with Gasteiger partial charge in [-0.25, -0.2) is 8.78 Å². The third-order valence-corrected chi connectivity index (χ3v) is 8.42. The quantitative estimate of drug-likeness (QED) is 0.351. The van der Waals surface area contributed by atoms with Crippen LogP contribution in [0.3, 0.4) is 0 Å². The average molecular weight is 518 g/mol. The number of fused-ring (bicyclic) bond motifs is 1. The first-order valence-corrected chi connectivity index (χ1v) is 13.5. The summed E-state index contributed by atoms with van der Waals surface area (Å²) in [4.78, 5) is 14.1. The third-order valence-electron chi connectivity index (χ3n) is 8.19. The van der Waals surface area contributed by atoms with Gasteiger partial charge in [-0.3, -0.25) is 4.79 Å². The van der Waals surface area contributed by atoms with Crippen LogP contribution in [0.2, 0.25) is 5.02 Å². The minimum atomic E-state index is -1.41. The van der Waals surface area contributed by atoms with Gasteiger partial charge in [-0.05, 0) is 49.3 Å². The molecule has 0 bridgehead atoms. The molecule has 0 radical (unpaired) electrons. The van der Waals surface area contributed by atoms with Gasteiger partial charge < -0.3 is 21.1 Å². The molecule has 2 aromatic rings. The van der Waals surface area contributed by atoms with E-state index in [0.29, 0.717) is 22.0 Å². The molecule has 0 aromatic heterocycles. The molecule has 1 aliphatic heterocycles. The summed E-state index contributed by atoms with van der Waals surface area (Å²) >= 11 is 6.26. The lowest BCUT2D eigenvalue weighted by molar-refractivity contribution is -0.132. The van der Waals surface area contributed by atoms with Crippen LogP contribution in [-0.2, 0) is 4.79 Å². The van der Waals surface area contributed by atoms with Crippen LogP contribution in [0.25, 0.3) is 0 Å². The zero-order valence-corrected chi connectivity index (χ0v) is 21.1. The minimum absolute atomic E-state index is 0.0137. The van der Waals surface area contributed by atoms with E-state index in [1.54, 1.807) is 24.3 Å². The third kappa shape index (κ3) is 4.92. The zero-order valence-electron chi connectivity index (χ0n) is 20.3. The van der Waals surface area contributed by atoms with Crippen LogP contribution >= 0.6 is 11.6 Å². The molecule has 1 heterocycles. The summed E-state index contributed by atoms with van der Waals surface area (Å²) in [6, 6.07) is 9.14. The number of nitrogens with one attached hydrogen (secondary N) is 3. The fourth-order valence-corrected chi connectivity index (χ4v) is 6.63. The normalized spacial score (nSPS) is 21.7. The molecule has 1 amide bonds. The van der Waals surface area contributed by atoms with Gasteiger partial charge in [0.05, 0.1) is 17.3 Å². The van der Waals surface area contributed by atoms with Crippen LogP contribution in [0.5, 0.6) is 0 Å². The number of benzene rings is 2. The average Bonchev–Trinajstić information content (AvgIpc) is 3.23.